The Hall–Kier alpha value is 1.000. The molecule has 0 saturated carbocycles. The molecule has 8 nitrogen and oxygen atoms in total. The molecule has 0 N–H and O–H groups in total. The van der Waals surface area contributed by atoms with Crippen LogP contribution in [-0.4, -0.2) is 76.9 Å². The van der Waals surface area contributed by atoms with Crippen molar-refractivity contribution in [2.24, 2.45) is 11.8 Å². The van der Waals surface area contributed by atoms with Crippen molar-refractivity contribution in [2.75, 3.05) is 13.2 Å². The molecular weight excluding hydrogens is 809 g/mol. The van der Waals surface area contributed by atoms with E-state index in [1.165, 1.54) is 205 Å². The van der Waals surface area contributed by atoms with Crippen LogP contribution in [0, 0.1) is 11.8 Å². The molecule has 0 heterocycles. The van der Waals surface area contributed by atoms with Crippen LogP contribution in [0.25, 0.3) is 0 Å². The summed E-state index contributed by atoms with van der Waals surface area (Å²) in [7, 11) is -9.14. The fourth-order valence-electron chi connectivity index (χ4n) is 7.96. The molecule has 0 aromatic carbocycles. The minimum atomic E-state index is -4.57. The summed E-state index contributed by atoms with van der Waals surface area (Å²) < 4.78 is 73.8. The molecule has 2 atom stereocenters. The van der Waals surface area contributed by atoms with Gasteiger partial charge in [-0.05, 0) is 37.5 Å². The molecule has 0 fully saturated rings. The maximum Gasteiger partial charge on any atom is 2.00 e. The fraction of sp³-hybridized carbons (Fsp3) is 1.00. The second-order valence-electron chi connectivity index (χ2n) is 17.6. The fourth-order valence-corrected chi connectivity index (χ4v) is 8.67. The van der Waals surface area contributed by atoms with Crippen LogP contribution < -0.4 is 0 Å². The molecular formula is C48H98CaO8S2. The molecule has 0 saturated heterocycles. The van der Waals surface area contributed by atoms with E-state index in [9.17, 15) is 25.9 Å². The van der Waals surface area contributed by atoms with E-state index in [0.29, 0.717) is 0 Å². The monoisotopic (exact) mass is 907 g/mol. The predicted molar refractivity (Wildman–Crippen MR) is 251 cm³/mol. The van der Waals surface area contributed by atoms with Gasteiger partial charge in [0, 0.05) is 0 Å². The Balaban J connectivity index is -0.00000105. The summed E-state index contributed by atoms with van der Waals surface area (Å²) in [5.74, 6) is 0.404. The molecule has 0 aromatic rings. The molecule has 352 valence electrons. The van der Waals surface area contributed by atoms with Crippen molar-refractivity contribution in [3.63, 3.8) is 0 Å². The van der Waals surface area contributed by atoms with E-state index < -0.39 is 20.8 Å². The van der Waals surface area contributed by atoms with Crippen molar-refractivity contribution in [3.8, 4) is 0 Å². The molecule has 2 unspecified atom stereocenters. The van der Waals surface area contributed by atoms with Crippen molar-refractivity contribution in [3.05, 3.63) is 0 Å². The summed E-state index contributed by atoms with van der Waals surface area (Å²) >= 11 is 0. The third-order valence-corrected chi connectivity index (χ3v) is 12.6. The van der Waals surface area contributed by atoms with Crippen molar-refractivity contribution < 1.29 is 34.3 Å². The maximum absolute atomic E-state index is 10.8. The zero-order valence-corrected chi connectivity index (χ0v) is 43.5. The van der Waals surface area contributed by atoms with Crippen molar-refractivity contribution in [1.82, 2.24) is 0 Å². The number of rotatable bonds is 46. The van der Waals surface area contributed by atoms with Gasteiger partial charge in [-0.15, -0.1) is 0 Å². The number of hydrogen-bond donors (Lipinski definition) is 0. The summed E-state index contributed by atoms with van der Waals surface area (Å²) in [6, 6.07) is 0. The Morgan fingerprint density at radius 1 is 0.305 bits per heavy atom. The van der Waals surface area contributed by atoms with Gasteiger partial charge in [0.2, 0.25) is 20.8 Å². The smallest absolute Gasteiger partial charge is 0.726 e. The van der Waals surface area contributed by atoms with Gasteiger partial charge in [-0.25, -0.2) is 16.8 Å². The molecule has 0 aliphatic heterocycles. The minimum Gasteiger partial charge on any atom is -0.726 e. The molecule has 0 radical (unpaired) electrons. The first-order chi connectivity index (χ1) is 28.0. The molecule has 59 heavy (non-hydrogen) atoms. The molecule has 11 heteroatoms. The zero-order valence-electron chi connectivity index (χ0n) is 39.6. The Morgan fingerprint density at radius 2 is 0.458 bits per heavy atom. The Kier molecular flexibility index (Phi) is 54.5. The van der Waals surface area contributed by atoms with E-state index in [-0.39, 0.29) is 62.8 Å². The van der Waals surface area contributed by atoms with Crippen LogP contribution >= 0.6 is 0 Å². The Labute approximate surface area is 399 Å². The Bertz CT molecular complexity index is 933. The van der Waals surface area contributed by atoms with Gasteiger partial charge in [0.1, 0.15) is 0 Å². The zero-order chi connectivity index (χ0) is 43.3. The second-order valence-corrected chi connectivity index (χ2v) is 19.7. The molecule has 0 amide bonds. The van der Waals surface area contributed by atoms with Crippen molar-refractivity contribution >= 4 is 58.5 Å². The summed E-state index contributed by atoms with van der Waals surface area (Å²) in [4.78, 5) is 0. The van der Waals surface area contributed by atoms with Crippen molar-refractivity contribution in [1.29, 1.82) is 0 Å². The normalized spacial score (nSPS) is 12.8. The first-order valence-corrected chi connectivity index (χ1v) is 27.9. The first-order valence-electron chi connectivity index (χ1n) is 25.2. The predicted octanol–water partition coefficient (Wildman–Crippen LogP) is 15.5. The third kappa shape index (κ3) is 59.0. The summed E-state index contributed by atoms with van der Waals surface area (Å²) in [5, 5.41) is 0. The molecule has 0 rings (SSSR count). The average Bonchev–Trinajstić information content (AvgIpc) is 3.18. The van der Waals surface area contributed by atoms with Crippen molar-refractivity contribution in [2.45, 2.75) is 285 Å². The van der Waals surface area contributed by atoms with E-state index in [1.807, 2.05) is 0 Å². The quantitative estimate of drug-likeness (QED) is 0.0255. The largest absolute Gasteiger partial charge is 2.00 e. The Morgan fingerprint density at radius 3 is 0.610 bits per heavy atom. The van der Waals surface area contributed by atoms with Crippen LogP contribution in [0.4, 0.5) is 0 Å². The van der Waals surface area contributed by atoms with Crippen LogP contribution in [0.15, 0.2) is 0 Å². The maximum atomic E-state index is 10.8. The van der Waals surface area contributed by atoms with E-state index in [2.05, 4.69) is 36.1 Å². The molecule has 0 aliphatic rings. The third-order valence-electron chi connectivity index (χ3n) is 11.8. The second kappa shape index (κ2) is 50.0. The molecule has 0 aliphatic carbocycles. The van der Waals surface area contributed by atoms with Gasteiger partial charge in [-0.3, -0.25) is 8.37 Å². The summed E-state index contributed by atoms with van der Waals surface area (Å²) in [6.45, 7) is 9.08. The molecule has 0 spiro atoms. The van der Waals surface area contributed by atoms with Crippen LogP contribution in [0.5, 0.6) is 0 Å². The van der Waals surface area contributed by atoms with Crippen LogP contribution in [-0.2, 0) is 29.2 Å². The van der Waals surface area contributed by atoms with Gasteiger partial charge >= 0.3 is 37.7 Å². The topological polar surface area (TPSA) is 133 Å². The van der Waals surface area contributed by atoms with E-state index in [1.54, 1.807) is 0 Å². The minimum absolute atomic E-state index is 0. The van der Waals surface area contributed by atoms with Crippen LogP contribution in [0.1, 0.15) is 285 Å². The SMILES string of the molecule is CCCCCCCCCCCCCCC(CCCCCCCC)COS(=O)(=O)[O-].CCCCCCCCCCCCCCC(CCCCCCCC)COS(=O)(=O)[O-].[Ca+2]. The summed E-state index contributed by atoms with van der Waals surface area (Å²) in [5.41, 5.74) is 0. The van der Waals surface area contributed by atoms with Gasteiger partial charge < -0.3 is 9.11 Å². The van der Waals surface area contributed by atoms with E-state index in [0.717, 1.165) is 51.4 Å². The van der Waals surface area contributed by atoms with Gasteiger partial charge in [-0.1, -0.05) is 259 Å². The first kappa shape index (κ1) is 64.3. The van der Waals surface area contributed by atoms with Gasteiger partial charge in [0.15, 0.2) is 0 Å². The van der Waals surface area contributed by atoms with Gasteiger partial charge in [-0.2, -0.15) is 0 Å². The van der Waals surface area contributed by atoms with E-state index in [4.69, 9.17) is 0 Å². The molecule has 0 aromatic heterocycles. The van der Waals surface area contributed by atoms with Crippen LogP contribution in [0.2, 0.25) is 0 Å². The van der Waals surface area contributed by atoms with Crippen LogP contribution in [0.3, 0.4) is 0 Å². The van der Waals surface area contributed by atoms with Gasteiger partial charge in [0.05, 0.1) is 13.2 Å². The standard InChI is InChI=1S/2C24H50O4S.Ca/c2*1-3-5-7-9-11-12-13-14-15-16-18-20-22-24(23-28-29(25,26)27)21-19-17-10-8-6-4-2;/h2*24H,3-23H2,1-2H3,(H,25,26,27);/q;;+2/p-2. The number of hydrogen-bond acceptors (Lipinski definition) is 8. The summed E-state index contributed by atoms with van der Waals surface area (Å²) in [6.07, 6.45) is 50.3. The van der Waals surface area contributed by atoms with Gasteiger partial charge in [0.25, 0.3) is 0 Å². The average molecular weight is 908 g/mol. The number of unbranched alkanes of at least 4 members (excludes halogenated alkanes) is 32. The van der Waals surface area contributed by atoms with E-state index >= 15 is 0 Å². The molecule has 0 bridgehead atoms.